The Morgan fingerprint density at radius 2 is 1.45 bits per heavy atom. The molecule has 0 fully saturated rings. The van der Waals surface area contributed by atoms with Crippen LogP contribution in [0.5, 0.6) is 11.5 Å². The minimum atomic E-state index is -4.27. The fourth-order valence-electron chi connectivity index (χ4n) is 3.46. The van der Waals surface area contributed by atoms with Gasteiger partial charge in [0.1, 0.15) is 12.2 Å². The van der Waals surface area contributed by atoms with Gasteiger partial charge in [-0.25, -0.2) is 13.1 Å². The van der Waals surface area contributed by atoms with Crippen molar-refractivity contribution in [3.63, 3.8) is 0 Å². The molecule has 0 spiro atoms. The van der Waals surface area contributed by atoms with Gasteiger partial charge < -0.3 is 24.8 Å². The minimum absolute atomic E-state index is 0. The number of rotatable bonds is 12. The molecule has 218 valence electrons. The Balaban J connectivity index is 0.00000616. The second kappa shape index (κ2) is 15.9. The standard InChI is InChI=1S/C27H28N4O9S.Na.H/c1-38-22-11-4-17(14-23(22)39-2)12-13-28-25(33)18-5-8-20(9-6-18)41(36,37)31-26(34)19-7-10-21(29-15-19)27(35)30-16-24(32)40-3;;/h4-11,14-15H,12-13,16H2,1-3H3,(H,28,33)(H,30,35)(H,31,34);;. The SMILES string of the molecule is COC(=O)CNC(=O)c1ccc(C(=O)NS(=O)(=O)c2ccc(C(=O)NCCc3ccc(OC)c(OC)c3)cc2)cn1.[NaH]. The molecular formula is C27H29N4NaO9S. The Hall–Kier alpha value is -3.98. The van der Waals surface area contributed by atoms with Crippen LogP contribution in [0.1, 0.15) is 36.8 Å². The molecule has 0 saturated heterocycles. The number of methoxy groups -OCH3 is 3. The number of aromatic nitrogens is 1. The summed E-state index contributed by atoms with van der Waals surface area (Å²) in [6.07, 6.45) is 1.55. The van der Waals surface area contributed by atoms with Crippen molar-refractivity contribution >= 4 is 63.3 Å². The molecule has 1 heterocycles. The summed E-state index contributed by atoms with van der Waals surface area (Å²) in [5.74, 6) is -1.54. The number of benzene rings is 2. The summed E-state index contributed by atoms with van der Waals surface area (Å²) in [5.41, 5.74) is 0.939. The van der Waals surface area contributed by atoms with E-state index in [0.717, 1.165) is 11.8 Å². The van der Waals surface area contributed by atoms with E-state index >= 15 is 0 Å². The zero-order valence-electron chi connectivity index (χ0n) is 22.4. The van der Waals surface area contributed by atoms with Gasteiger partial charge in [-0.3, -0.25) is 24.2 Å². The summed E-state index contributed by atoms with van der Waals surface area (Å²) < 4.78 is 42.2. The van der Waals surface area contributed by atoms with Crippen LogP contribution in [-0.2, 0) is 26.0 Å². The van der Waals surface area contributed by atoms with Crippen molar-refractivity contribution < 1.29 is 41.8 Å². The molecule has 0 atom stereocenters. The van der Waals surface area contributed by atoms with Gasteiger partial charge in [0.2, 0.25) is 0 Å². The number of hydrogen-bond acceptors (Lipinski definition) is 10. The van der Waals surface area contributed by atoms with Crippen LogP contribution in [0.2, 0.25) is 0 Å². The van der Waals surface area contributed by atoms with Crippen LogP contribution in [-0.4, -0.2) is 101 Å². The molecule has 0 saturated carbocycles. The van der Waals surface area contributed by atoms with Crippen LogP contribution in [0.3, 0.4) is 0 Å². The predicted octanol–water partition coefficient (Wildman–Crippen LogP) is 0.444. The number of sulfonamides is 1. The third-order valence-electron chi connectivity index (χ3n) is 5.68. The van der Waals surface area contributed by atoms with Crippen LogP contribution in [0.4, 0.5) is 0 Å². The van der Waals surface area contributed by atoms with Crippen molar-refractivity contribution in [1.82, 2.24) is 20.3 Å². The predicted molar refractivity (Wildman–Crippen MR) is 152 cm³/mol. The number of ether oxygens (including phenoxy) is 3. The van der Waals surface area contributed by atoms with Crippen molar-refractivity contribution in [3.05, 3.63) is 83.2 Å². The van der Waals surface area contributed by atoms with Gasteiger partial charge >= 0.3 is 35.5 Å². The number of nitrogens with one attached hydrogen (secondary N) is 3. The molecule has 2 aromatic carbocycles. The first-order chi connectivity index (χ1) is 19.6. The van der Waals surface area contributed by atoms with Crippen LogP contribution in [0.15, 0.2) is 65.7 Å². The number of nitrogens with zero attached hydrogens (tertiary/aromatic N) is 1. The van der Waals surface area contributed by atoms with Crippen molar-refractivity contribution in [2.75, 3.05) is 34.4 Å². The molecule has 3 amide bonds. The van der Waals surface area contributed by atoms with Gasteiger partial charge in [-0.1, -0.05) is 6.07 Å². The van der Waals surface area contributed by atoms with Crippen molar-refractivity contribution in [2.45, 2.75) is 11.3 Å². The molecule has 0 aliphatic rings. The van der Waals surface area contributed by atoms with Crippen molar-refractivity contribution in [2.24, 2.45) is 0 Å². The quantitative estimate of drug-likeness (QED) is 0.193. The van der Waals surface area contributed by atoms with Gasteiger partial charge in [0, 0.05) is 18.3 Å². The molecule has 3 N–H and O–H groups in total. The Labute approximate surface area is 264 Å². The number of hydrogen-bond donors (Lipinski definition) is 3. The summed E-state index contributed by atoms with van der Waals surface area (Å²) in [7, 11) is -0.0283. The van der Waals surface area contributed by atoms with E-state index in [1.165, 1.54) is 50.6 Å². The van der Waals surface area contributed by atoms with Crippen LogP contribution < -0.4 is 24.8 Å². The molecule has 0 aliphatic heterocycles. The monoisotopic (exact) mass is 608 g/mol. The van der Waals surface area contributed by atoms with Crippen LogP contribution >= 0.6 is 0 Å². The summed E-state index contributed by atoms with van der Waals surface area (Å²) in [5, 5.41) is 5.05. The van der Waals surface area contributed by atoms with E-state index in [2.05, 4.69) is 20.4 Å². The Kier molecular flexibility index (Phi) is 12.9. The fourth-order valence-corrected chi connectivity index (χ4v) is 4.44. The zero-order valence-corrected chi connectivity index (χ0v) is 23.2. The molecule has 15 heteroatoms. The molecular weight excluding hydrogens is 579 g/mol. The first kappa shape index (κ1) is 34.2. The first-order valence-corrected chi connectivity index (χ1v) is 13.5. The van der Waals surface area contributed by atoms with E-state index in [0.29, 0.717) is 24.5 Å². The molecule has 3 aromatic rings. The van der Waals surface area contributed by atoms with E-state index in [4.69, 9.17) is 9.47 Å². The van der Waals surface area contributed by atoms with E-state index in [9.17, 15) is 27.6 Å². The summed E-state index contributed by atoms with van der Waals surface area (Å²) in [4.78, 5) is 51.7. The molecule has 13 nitrogen and oxygen atoms in total. The summed E-state index contributed by atoms with van der Waals surface area (Å²) >= 11 is 0. The fraction of sp³-hybridized carbons (Fsp3) is 0.222. The normalized spacial score (nSPS) is 10.5. The third-order valence-corrected chi connectivity index (χ3v) is 7.03. The zero-order chi connectivity index (χ0) is 30.0. The summed E-state index contributed by atoms with van der Waals surface area (Å²) in [6, 6.07) is 12.9. The van der Waals surface area contributed by atoms with Gasteiger partial charge in [0.25, 0.3) is 27.7 Å². The van der Waals surface area contributed by atoms with Crippen molar-refractivity contribution in [3.8, 4) is 11.5 Å². The second-order valence-corrected chi connectivity index (χ2v) is 10.0. The Morgan fingerprint density at radius 1 is 0.786 bits per heavy atom. The average Bonchev–Trinajstić information content (AvgIpc) is 2.99. The molecule has 0 bridgehead atoms. The van der Waals surface area contributed by atoms with Gasteiger partial charge in [0.05, 0.1) is 31.8 Å². The number of carbonyl (C=O) groups excluding carboxylic acids is 4. The topological polar surface area (TPSA) is 179 Å². The molecule has 3 rings (SSSR count). The number of pyridine rings is 1. The maximum absolute atomic E-state index is 12.7. The Morgan fingerprint density at radius 3 is 2.05 bits per heavy atom. The molecule has 1 aromatic heterocycles. The van der Waals surface area contributed by atoms with Crippen LogP contribution in [0.25, 0.3) is 0 Å². The van der Waals surface area contributed by atoms with E-state index in [1.54, 1.807) is 13.2 Å². The molecule has 0 radical (unpaired) electrons. The van der Waals surface area contributed by atoms with E-state index in [-0.39, 0.29) is 57.8 Å². The van der Waals surface area contributed by atoms with Gasteiger partial charge in [-0.15, -0.1) is 0 Å². The number of amides is 3. The summed E-state index contributed by atoms with van der Waals surface area (Å²) in [6.45, 7) is -0.0402. The number of esters is 1. The molecule has 42 heavy (non-hydrogen) atoms. The maximum atomic E-state index is 12.7. The second-order valence-electron chi connectivity index (χ2n) is 8.35. The Bertz CT molecular complexity index is 1530. The van der Waals surface area contributed by atoms with E-state index < -0.39 is 33.7 Å². The molecule has 0 aliphatic carbocycles. The van der Waals surface area contributed by atoms with E-state index in [1.807, 2.05) is 16.9 Å². The average molecular weight is 609 g/mol. The van der Waals surface area contributed by atoms with Gasteiger partial charge in [-0.2, -0.15) is 0 Å². The molecule has 0 unspecified atom stereocenters. The van der Waals surface area contributed by atoms with Crippen LogP contribution in [0, 0.1) is 0 Å². The van der Waals surface area contributed by atoms with Crippen molar-refractivity contribution in [1.29, 1.82) is 0 Å². The number of carbonyl (C=O) groups is 4. The van der Waals surface area contributed by atoms with Gasteiger partial charge in [0.15, 0.2) is 11.5 Å². The first-order valence-electron chi connectivity index (χ1n) is 12.0. The van der Waals surface area contributed by atoms with Gasteiger partial charge in [-0.05, 0) is 60.5 Å². The third kappa shape index (κ3) is 9.27.